The number of benzene rings is 3. The van der Waals surface area contributed by atoms with Gasteiger partial charge in [0.25, 0.3) is 0 Å². The van der Waals surface area contributed by atoms with Crippen LogP contribution in [0.3, 0.4) is 0 Å². The molecule has 3 heteroatoms. The van der Waals surface area contributed by atoms with Crippen LogP contribution in [0.5, 0.6) is 11.5 Å². The van der Waals surface area contributed by atoms with Crippen LogP contribution in [-0.2, 0) is 4.79 Å². The Morgan fingerprint density at radius 2 is 1.74 bits per heavy atom. The summed E-state index contributed by atoms with van der Waals surface area (Å²) in [5, 5.41) is 2.09. The number of carbonyl (C=O) groups excluding carboxylic acids is 1. The highest BCUT2D eigenvalue weighted by Crippen LogP contribution is 2.41. The largest absolute Gasteiger partial charge is 0.496 e. The van der Waals surface area contributed by atoms with Crippen LogP contribution in [0.2, 0.25) is 0 Å². The Kier molecular flexibility index (Phi) is 3.12. The van der Waals surface area contributed by atoms with E-state index in [1.807, 2.05) is 66.7 Å². The molecule has 0 aromatic heterocycles. The highest BCUT2D eigenvalue weighted by molar-refractivity contribution is 6.29. The molecular formula is C20H14O3. The van der Waals surface area contributed by atoms with Crippen molar-refractivity contribution >= 4 is 28.4 Å². The molecule has 0 N–H and O–H groups in total. The summed E-state index contributed by atoms with van der Waals surface area (Å²) in [7, 11) is 1.62. The Hall–Kier alpha value is -3.07. The number of esters is 1. The van der Waals surface area contributed by atoms with Crippen LogP contribution in [0.1, 0.15) is 11.1 Å². The first-order chi connectivity index (χ1) is 11.3. The van der Waals surface area contributed by atoms with Crippen molar-refractivity contribution in [3.8, 4) is 11.5 Å². The van der Waals surface area contributed by atoms with Crippen molar-refractivity contribution in [2.75, 3.05) is 7.11 Å². The third kappa shape index (κ3) is 2.18. The van der Waals surface area contributed by atoms with Gasteiger partial charge in [-0.05, 0) is 29.0 Å². The lowest BCUT2D eigenvalue weighted by Gasteiger charge is -2.06. The van der Waals surface area contributed by atoms with Gasteiger partial charge in [-0.3, -0.25) is 0 Å². The summed E-state index contributed by atoms with van der Waals surface area (Å²) in [6, 6.07) is 19.4. The third-order valence-corrected chi connectivity index (χ3v) is 4.02. The number of rotatable bonds is 2. The molecule has 0 atom stereocenters. The molecule has 0 unspecified atom stereocenters. The van der Waals surface area contributed by atoms with Gasteiger partial charge in [-0.25, -0.2) is 4.79 Å². The van der Waals surface area contributed by atoms with Crippen molar-refractivity contribution in [1.29, 1.82) is 0 Å². The predicted octanol–water partition coefficient (Wildman–Crippen LogP) is 4.31. The average molecular weight is 302 g/mol. The molecule has 1 aliphatic rings. The summed E-state index contributed by atoms with van der Waals surface area (Å²) in [6.45, 7) is 0. The van der Waals surface area contributed by atoms with E-state index in [1.54, 1.807) is 7.11 Å². The maximum atomic E-state index is 12.3. The minimum atomic E-state index is -0.331. The number of methoxy groups -OCH3 is 1. The summed E-state index contributed by atoms with van der Waals surface area (Å²) in [5.41, 5.74) is 2.25. The fraction of sp³-hybridized carbons (Fsp3) is 0.0500. The van der Waals surface area contributed by atoms with Gasteiger partial charge in [-0.2, -0.15) is 0 Å². The van der Waals surface area contributed by atoms with Gasteiger partial charge in [-0.15, -0.1) is 0 Å². The second kappa shape index (κ2) is 5.29. The predicted molar refractivity (Wildman–Crippen MR) is 90.4 cm³/mol. The number of para-hydroxylation sites is 1. The molecule has 1 aliphatic heterocycles. The van der Waals surface area contributed by atoms with E-state index in [-0.39, 0.29) is 5.97 Å². The van der Waals surface area contributed by atoms with Crippen LogP contribution >= 0.6 is 0 Å². The molecule has 23 heavy (non-hydrogen) atoms. The van der Waals surface area contributed by atoms with Gasteiger partial charge in [0.1, 0.15) is 11.5 Å². The Morgan fingerprint density at radius 1 is 0.957 bits per heavy atom. The highest BCUT2D eigenvalue weighted by atomic mass is 16.5. The first kappa shape index (κ1) is 13.6. The topological polar surface area (TPSA) is 35.5 Å². The summed E-state index contributed by atoms with van der Waals surface area (Å²) in [5.74, 6) is 0.999. The molecule has 0 fully saturated rings. The van der Waals surface area contributed by atoms with Crippen molar-refractivity contribution in [3.63, 3.8) is 0 Å². The van der Waals surface area contributed by atoms with E-state index in [9.17, 15) is 4.79 Å². The van der Waals surface area contributed by atoms with Crippen LogP contribution in [0.25, 0.3) is 22.4 Å². The van der Waals surface area contributed by atoms with E-state index in [2.05, 4.69) is 0 Å². The molecule has 0 spiro atoms. The lowest BCUT2D eigenvalue weighted by molar-refractivity contribution is -0.126. The van der Waals surface area contributed by atoms with Crippen molar-refractivity contribution in [2.45, 2.75) is 0 Å². The summed E-state index contributed by atoms with van der Waals surface area (Å²) < 4.78 is 10.8. The molecule has 0 bridgehead atoms. The molecule has 3 nitrogen and oxygen atoms in total. The quantitative estimate of drug-likeness (QED) is 0.402. The Bertz CT molecular complexity index is 954. The van der Waals surface area contributed by atoms with Gasteiger partial charge in [-0.1, -0.05) is 48.5 Å². The van der Waals surface area contributed by atoms with Gasteiger partial charge in [0.2, 0.25) is 0 Å². The highest BCUT2D eigenvalue weighted by Gasteiger charge is 2.29. The number of hydrogen-bond donors (Lipinski definition) is 0. The van der Waals surface area contributed by atoms with E-state index in [1.165, 1.54) is 0 Å². The Labute approximate surface area is 133 Å². The van der Waals surface area contributed by atoms with E-state index < -0.39 is 0 Å². The van der Waals surface area contributed by atoms with Crippen LogP contribution < -0.4 is 9.47 Å². The van der Waals surface area contributed by atoms with Crippen LogP contribution in [0, 0.1) is 0 Å². The normalized spacial score (nSPS) is 14.8. The van der Waals surface area contributed by atoms with Gasteiger partial charge in [0.15, 0.2) is 0 Å². The molecule has 0 saturated heterocycles. The van der Waals surface area contributed by atoms with Gasteiger partial charge >= 0.3 is 5.97 Å². The molecule has 112 valence electrons. The zero-order valence-corrected chi connectivity index (χ0v) is 12.6. The zero-order chi connectivity index (χ0) is 15.8. The minimum absolute atomic E-state index is 0.331. The van der Waals surface area contributed by atoms with E-state index in [0.29, 0.717) is 11.3 Å². The molecular weight excluding hydrogens is 288 g/mol. The second-order valence-corrected chi connectivity index (χ2v) is 5.35. The average Bonchev–Trinajstić information content (AvgIpc) is 2.91. The molecule has 0 aliphatic carbocycles. The molecule has 0 radical (unpaired) electrons. The number of ether oxygens (including phenoxy) is 2. The lowest BCUT2D eigenvalue weighted by Crippen LogP contribution is -2.00. The van der Waals surface area contributed by atoms with Crippen LogP contribution in [-0.4, -0.2) is 13.1 Å². The number of fused-ring (bicyclic) bond motifs is 3. The third-order valence-electron chi connectivity index (χ3n) is 4.02. The molecule has 3 aromatic carbocycles. The molecule has 3 aromatic rings. The summed E-state index contributed by atoms with van der Waals surface area (Å²) in [6.07, 6.45) is 1.83. The smallest absolute Gasteiger partial charge is 0.344 e. The first-order valence-corrected chi connectivity index (χ1v) is 7.37. The zero-order valence-electron chi connectivity index (χ0n) is 12.6. The van der Waals surface area contributed by atoms with Crippen molar-refractivity contribution in [1.82, 2.24) is 0 Å². The first-order valence-electron chi connectivity index (χ1n) is 7.37. The Balaban J connectivity index is 1.97. The molecule has 1 heterocycles. The van der Waals surface area contributed by atoms with Crippen LogP contribution in [0.15, 0.2) is 60.7 Å². The number of carbonyl (C=O) groups is 1. The standard InChI is InChI=1S/C20H14O3/c1-22-17-9-5-3-7-14(17)12-16-19-15-8-4-2-6-13(15)10-11-18(19)23-20(16)21/h2-12H,1H3/b16-12-. The van der Waals surface area contributed by atoms with E-state index in [4.69, 9.17) is 9.47 Å². The fourth-order valence-corrected chi connectivity index (χ4v) is 2.94. The minimum Gasteiger partial charge on any atom is -0.496 e. The fourth-order valence-electron chi connectivity index (χ4n) is 2.94. The maximum absolute atomic E-state index is 12.3. The van der Waals surface area contributed by atoms with Crippen LogP contribution in [0.4, 0.5) is 0 Å². The molecule has 0 saturated carbocycles. The second-order valence-electron chi connectivity index (χ2n) is 5.35. The molecule has 4 rings (SSSR count). The lowest BCUT2D eigenvalue weighted by atomic mass is 9.97. The Morgan fingerprint density at radius 3 is 2.61 bits per heavy atom. The summed E-state index contributed by atoms with van der Waals surface area (Å²) in [4.78, 5) is 12.3. The summed E-state index contributed by atoms with van der Waals surface area (Å²) >= 11 is 0. The van der Waals surface area contributed by atoms with Gasteiger partial charge < -0.3 is 9.47 Å². The SMILES string of the molecule is COc1ccccc1/C=C1\C(=O)Oc2ccc3ccccc3c21. The monoisotopic (exact) mass is 302 g/mol. The van der Waals surface area contributed by atoms with Gasteiger partial charge in [0.05, 0.1) is 12.7 Å². The van der Waals surface area contributed by atoms with Crippen molar-refractivity contribution < 1.29 is 14.3 Å². The van der Waals surface area contributed by atoms with Crippen molar-refractivity contribution in [3.05, 3.63) is 71.8 Å². The van der Waals surface area contributed by atoms with Gasteiger partial charge in [0, 0.05) is 11.1 Å². The van der Waals surface area contributed by atoms with E-state index in [0.717, 1.165) is 27.6 Å². The molecule has 0 amide bonds. The number of hydrogen-bond acceptors (Lipinski definition) is 3. The van der Waals surface area contributed by atoms with Crippen molar-refractivity contribution in [2.24, 2.45) is 0 Å². The van der Waals surface area contributed by atoms with E-state index >= 15 is 0 Å². The maximum Gasteiger partial charge on any atom is 0.344 e.